The second kappa shape index (κ2) is 8.23. The van der Waals surface area contributed by atoms with E-state index in [4.69, 9.17) is 9.11 Å². The Hall–Kier alpha value is -1.24. The van der Waals surface area contributed by atoms with Gasteiger partial charge in [-0.3, -0.25) is 9.11 Å². The summed E-state index contributed by atoms with van der Waals surface area (Å²) in [5.74, 6) is -1.80. The maximum Gasteiger partial charge on any atom is 0.267 e. The fourth-order valence-corrected chi connectivity index (χ4v) is 3.47. The first-order valence-corrected chi connectivity index (χ1v) is 10.2. The van der Waals surface area contributed by atoms with Crippen LogP contribution in [-0.2, 0) is 20.2 Å². The normalized spacial score (nSPS) is 15.0. The van der Waals surface area contributed by atoms with Crippen molar-refractivity contribution in [2.75, 3.05) is 29.5 Å². The summed E-state index contributed by atoms with van der Waals surface area (Å²) < 4.78 is 61.0. The molecule has 24 heavy (non-hydrogen) atoms. The Balaban J connectivity index is 2.98. The van der Waals surface area contributed by atoms with E-state index < -0.39 is 43.9 Å². The van der Waals surface area contributed by atoms with Gasteiger partial charge in [0.05, 0.1) is 12.2 Å². The van der Waals surface area contributed by atoms with E-state index in [9.17, 15) is 27.0 Å². The van der Waals surface area contributed by atoms with Crippen molar-refractivity contribution in [2.45, 2.75) is 19.1 Å². The van der Waals surface area contributed by atoms with Crippen LogP contribution < -0.4 is 4.90 Å². The van der Waals surface area contributed by atoms with Crippen LogP contribution in [0.1, 0.15) is 5.56 Å². The van der Waals surface area contributed by atoms with Crippen LogP contribution in [0.15, 0.2) is 24.3 Å². The number of para-hydroxylation sites is 1. The van der Waals surface area contributed by atoms with E-state index in [1.165, 1.54) is 4.90 Å². The summed E-state index contributed by atoms with van der Waals surface area (Å²) in [4.78, 5) is 1.39. The van der Waals surface area contributed by atoms with Crippen LogP contribution >= 0.6 is 0 Å². The summed E-state index contributed by atoms with van der Waals surface area (Å²) in [6, 6.07) is 6.82. The number of aliphatic hydroxyl groups excluding tert-OH is 2. The predicted octanol–water partition coefficient (Wildman–Crippen LogP) is -0.701. The van der Waals surface area contributed by atoms with Gasteiger partial charge < -0.3 is 15.1 Å². The van der Waals surface area contributed by atoms with Gasteiger partial charge in [-0.1, -0.05) is 18.2 Å². The number of rotatable bonds is 9. The highest BCUT2D eigenvalue weighted by atomic mass is 32.2. The Morgan fingerprint density at radius 1 is 0.917 bits per heavy atom. The second-order valence-electron chi connectivity index (χ2n) is 5.50. The van der Waals surface area contributed by atoms with E-state index in [0.29, 0.717) is 5.69 Å². The molecule has 138 valence electrons. The van der Waals surface area contributed by atoms with E-state index >= 15 is 0 Å². The number of hydrogen-bond acceptors (Lipinski definition) is 7. The Bertz CT molecular complexity index is 705. The molecule has 9 nitrogen and oxygen atoms in total. The van der Waals surface area contributed by atoms with Gasteiger partial charge in [0.1, 0.15) is 11.5 Å². The quantitative estimate of drug-likeness (QED) is 0.405. The molecule has 0 aliphatic rings. The maximum absolute atomic E-state index is 10.9. The standard InChI is InChI=1S/C13H21NO8S2/c1-10-4-2-3-5-13(10)14(6-11(15)8-23(17,18)19)7-12(16)9-24(20,21)22/h2-5,11-12,15-16H,6-9H2,1H3,(H,17,18,19)(H,20,21,22). The zero-order chi connectivity index (χ0) is 18.5. The lowest BCUT2D eigenvalue weighted by Gasteiger charge is -2.30. The maximum atomic E-state index is 10.9. The first-order valence-electron chi connectivity index (χ1n) is 6.94. The summed E-state index contributed by atoms with van der Waals surface area (Å²) in [5, 5.41) is 19.6. The van der Waals surface area contributed by atoms with Crippen LogP contribution in [0.3, 0.4) is 0 Å². The monoisotopic (exact) mass is 383 g/mol. The molecule has 0 saturated heterocycles. The average Bonchev–Trinajstić information content (AvgIpc) is 2.33. The number of hydrogen-bond donors (Lipinski definition) is 4. The average molecular weight is 383 g/mol. The molecule has 0 radical (unpaired) electrons. The van der Waals surface area contributed by atoms with Crippen LogP contribution in [0.5, 0.6) is 0 Å². The van der Waals surface area contributed by atoms with Gasteiger partial charge in [-0.15, -0.1) is 0 Å². The van der Waals surface area contributed by atoms with E-state index in [0.717, 1.165) is 5.56 Å². The van der Waals surface area contributed by atoms with Crippen molar-refractivity contribution in [3.63, 3.8) is 0 Å². The molecule has 11 heteroatoms. The molecule has 0 aromatic heterocycles. The summed E-state index contributed by atoms with van der Waals surface area (Å²) >= 11 is 0. The Morgan fingerprint density at radius 3 is 1.71 bits per heavy atom. The van der Waals surface area contributed by atoms with Gasteiger partial charge in [-0.2, -0.15) is 16.8 Å². The topological polar surface area (TPSA) is 152 Å². The molecule has 4 N–H and O–H groups in total. The fourth-order valence-electron chi connectivity index (χ4n) is 2.29. The molecule has 1 aromatic rings. The van der Waals surface area contributed by atoms with Gasteiger partial charge in [0.15, 0.2) is 0 Å². The van der Waals surface area contributed by atoms with Crippen LogP contribution in [0.4, 0.5) is 5.69 Å². The van der Waals surface area contributed by atoms with Gasteiger partial charge in [-0.05, 0) is 18.6 Å². The molecule has 0 aliphatic carbocycles. The Labute approximate surface area is 141 Å². The first kappa shape index (κ1) is 20.8. The SMILES string of the molecule is Cc1ccccc1N(CC(O)CS(=O)(=O)O)CC(O)CS(=O)(=O)O. The number of benzene rings is 1. The highest BCUT2D eigenvalue weighted by Gasteiger charge is 2.23. The molecule has 0 bridgehead atoms. The van der Waals surface area contributed by atoms with Gasteiger partial charge in [-0.25, -0.2) is 0 Å². The van der Waals surface area contributed by atoms with Crippen molar-refractivity contribution >= 4 is 25.9 Å². The molecule has 0 amide bonds. The number of aliphatic hydroxyl groups is 2. The number of aryl methyl sites for hydroxylation is 1. The molecular weight excluding hydrogens is 362 g/mol. The lowest BCUT2D eigenvalue weighted by atomic mass is 10.1. The summed E-state index contributed by atoms with van der Waals surface area (Å²) in [6.45, 7) is 1.20. The molecule has 2 unspecified atom stereocenters. The number of nitrogens with zero attached hydrogens (tertiary/aromatic N) is 1. The molecular formula is C13H21NO8S2. The van der Waals surface area contributed by atoms with Crippen LogP contribution in [0.2, 0.25) is 0 Å². The lowest BCUT2D eigenvalue weighted by Crippen LogP contribution is -2.42. The third-order valence-corrected chi connectivity index (χ3v) is 4.74. The first-order chi connectivity index (χ1) is 10.9. The van der Waals surface area contributed by atoms with Crippen molar-refractivity contribution in [1.29, 1.82) is 0 Å². The highest BCUT2D eigenvalue weighted by molar-refractivity contribution is 7.86. The largest absolute Gasteiger partial charge is 0.390 e. The van der Waals surface area contributed by atoms with Gasteiger partial charge in [0.2, 0.25) is 0 Å². The van der Waals surface area contributed by atoms with Crippen LogP contribution in [0, 0.1) is 6.92 Å². The molecule has 0 heterocycles. The van der Waals surface area contributed by atoms with E-state index in [1.54, 1.807) is 31.2 Å². The van der Waals surface area contributed by atoms with E-state index in [2.05, 4.69) is 0 Å². The Morgan fingerprint density at radius 2 is 1.33 bits per heavy atom. The van der Waals surface area contributed by atoms with Crippen molar-refractivity contribution in [3.8, 4) is 0 Å². The van der Waals surface area contributed by atoms with Crippen molar-refractivity contribution in [2.24, 2.45) is 0 Å². The smallest absolute Gasteiger partial charge is 0.267 e. The van der Waals surface area contributed by atoms with Crippen molar-refractivity contribution < 1.29 is 36.2 Å². The zero-order valence-corrected chi connectivity index (χ0v) is 14.6. The number of anilines is 1. The van der Waals surface area contributed by atoms with Crippen molar-refractivity contribution in [3.05, 3.63) is 29.8 Å². The highest BCUT2D eigenvalue weighted by Crippen LogP contribution is 2.20. The second-order valence-corrected chi connectivity index (χ2v) is 8.49. The third kappa shape index (κ3) is 8.04. The van der Waals surface area contributed by atoms with Crippen LogP contribution in [0.25, 0.3) is 0 Å². The summed E-state index contributed by atoms with van der Waals surface area (Å²) in [5.41, 5.74) is 1.29. The molecule has 0 aliphatic heterocycles. The van der Waals surface area contributed by atoms with E-state index in [-0.39, 0.29) is 13.1 Å². The Kier molecular flexibility index (Phi) is 7.13. The lowest BCUT2D eigenvalue weighted by molar-refractivity contribution is 0.178. The fraction of sp³-hybridized carbons (Fsp3) is 0.538. The third-order valence-electron chi connectivity index (χ3n) is 3.12. The van der Waals surface area contributed by atoms with Gasteiger partial charge in [0, 0.05) is 18.8 Å². The molecule has 1 rings (SSSR count). The van der Waals surface area contributed by atoms with Gasteiger partial charge in [0.25, 0.3) is 20.2 Å². The summed E-state index contributed by atoms with van der Waals surface area (Å²) in [6.07, 6.45) is -2.92. The predicted molar refractivity (Wildman–Crippen MR) is 88.2 cm³/mol. The van der Waals surface area contributed by atoms with Crippen LogP contribution in [-0.4, -0.2) is 73.0 Å². The molecule has 0 fully saturated rings. The van der Waals surface area contributed by atoms with E-state index in [1.807, 2.05) is 0 Å². The minimum atomic E-state index is -4.39. The minimum absolute atomic E-state index is 0.271. The van der Waals surface area contributed by atoms with Gasteiger partial charge >= 0.3 is 0 Å². The molecule has 0 saturated carbocycles. The molecule has 1 aromatic carbocycles. The van der Waals surface area contributed by atoms with Crippen molar-refractivity contribution in [1.82, 2.24) is 0 Å². The summed E-state index contributed by atoms with van der Waals surface area (Å²) in [7, 11) is -8.79. The zero-order valence-electron chi connectivity index (χ0n) is 13.0. The molecule has 0 spiro atoms. The minimum Gasteiger partial charge on any atom is -0.390 e. The molecule has 2 atom stereocenters.